The lowest BCUT2D eigenvalue weighted by atomic mass is 10.1. The molecule has 0 bridgehead atoms. The molecule has 0 unspecified atom stereocenters. The molecule has 0 saturated carbocycles. The van der Waals surface area contributed by atoms with Crippen LogP contribution in [0.4, 0.5) is 10.1 Å². The largest absolute Gasteiger partial charge is 0.420 e. The van der Waals surface area contributed by atoms with Crippen molar-refractivity contribution in [3.63, 3.8) is 0 Å². The van der Waals surface area contributed by atoms with Gasteiger partial charge in [0, 0.05) is 16.3 Å². The van der Waals surface area contributed by atoms with Gasteiger partial charge in [0.05, 0.1) is 12.1 Å². The highest BCUT2D eigenvalue weighted by molar-refractivity contribution is 6.31. The predicted molar refractivity (Wildman–Crippen MR) is 110 cm³/mol. The van der Waals surface area contributed by atoms with Crippen LogP contribution in [-0.2, 0) is 6.54 Å². The van der Waals surface area contributed by atoms with Crippen LogP contribution >= 0.6 is 11.6 Å². The Labute approximate surface area is 170 Å². The number of oxazole rings is 1. The summed E-state index contributed by atoms with van der Waals surface area (Å²) >= 11 is 6.11. The van der Waals surface area contributed by atoms with Crippen LogP contribution in [-0.4, -0.2) is 10.5 Å². The van der Waals surface area contributed by atoms with E-state index < -0.39 is 5.76 Å². The lowest BCUT2D eigenvalue weighted by Crippen LogP contribution is -2.16. The van der Waals surface area contributed by atoms with Crippen molar-refractivity contribution in [1.29, 1.82) is 0 Å². The van der Waals surface area contributed by atoms with Gasteiger partial charge in [0.15, 0.2) is 5.58 Å². The van der Waals surface area contributed by atoms with Gasteiger partial charge in [-0.25, -0.2) is 9.18 Å². The minimum atomic E-state index is -0.549. The van der Waals surface area contributed by atoms with Crippen LogP contribution in [0, 0.1) is 12.7 Å². The van der Waals surface area contributed by atoms with Gasteiger partial charge in [0.2, 0.25) is 0 Å². The number of carbonyl (C=O) groups excluding carboxylic acids is 1. The van der Waals surface area contributed by atoms with E-state index >= 15 is 0 Å². The number of amides is 1. The van der Waals surface area contributed by atoms with Crippen molar-refractivity contribution in [2.24, 2.45) is 0 Å². The summed E-state index contributed by atoms with van der Waals surface area (Å²) in [6.07, 6.45) is 0. The summed E-state index contributed by atoms with van der Waals surface area (Å²) < 4.78 is 19.8. The van der Waals surface area contributed by atoms with E-state index in [0.717, 1.165) is 11.1 Å². The van der Waals surface area contributed by atoms with E-state index in [0.29, 0.717) is 27.4 Å². The van der Waals surface area contributed by atoms with Crippen molar-refractivity contribution in [3.05, 3.63) is 98.7 Å². The molecule has 1 heterocycles. The second kappa shape index (κ2) is 7.56. The van der Waals surface area contributed by atoms with Crippen molar-refractivity contribution in [2.75, 3.05) is 5.32 Å². The quantitative estimate of drug-likeness (QED) is 0.515. The number of halogens is 2. The van der Waals surface area contributed by atoms with E-state index in [9.17, 15) is 14.0 Å². The van der Waals surface area contributed by atoms with E-state index in [-0.39, 0.29) is 18.3 Å². The Hall–Kier alpha value is -3.38. The first-order valence-corrected chi connectivity index (χ1v) is 9.24. The lowest BCUT2D eigenvalue weighted by molar-refractivity contribution is 0.102. The van der Waals surface area contributed by atoms with E-state index in [1.807, 2.05) is 6.92 Å². The number of aromatic nitrogens is 1. The molecule has 0 fully saturated rings. The van der Waals surface area contributed by atoms with E-state index in [4.69, 9.17) is 16.0 Å². The Kier molecular flexibility index (Phi) is 4.94. The monoisotopic (exact) mass is 410 g/mol. The molecule has 0 atom stereocenters. The number of rotatable bonds is 4. The first-order valence-electron chi connectivity index (χ1n) is 8.86. The fourth-order valence-corrected chi connectivity index (χ4v) is 3.24. The number of carbonyl (C=O) groups is 1. The fraction of sp³-hybridized carbons (Fsp3) is 0.0909. The summed E-state index contributed by atoms with van der Waals surface area (Å²) in [7, 11) is 0. The number of anilines is 1. The zero-order chi connectivity index (χ0) is 20.5. The topological polar surface area (TPSA) is 64.2 Å². The van der Waals surface area contributed by atoms with Gasteiger partial charge in [0.25, 0.3) is 5.91 Å². The number of fused-ring (bicyclic) bond motifs is 1. The molecule has 4 rings (SSSR count). The number of nitrogens with one attached hydrogen (secondary N) is 1. The average molecular weight is 411 g/mol. The Morgan fingerprint density at radius 3 is 2.66 bits per heavy atom. The van der Waals surface area contributed by atoms with Gasteiger partial charge in [-0.15, -0.1) is 0 Å². The Balaban J connectivity index is 1.68. The zero-order valence-corrected chi connectivity index (χ0v) is 16.2. The lowest BCUT2D eigenvalue weighted by Gasteiger charge is -2.10. The van der Waals surface area contributed by atoms with Gasteiger partial charge in [-0.1, -0.05) is 29.8 Å². The third kappa shape index (κ3) is 3.79. The molecule has 4 aromatic rings. The van der Waals surface area contributed by atoms with Crippen LogP contribution < -0.4 is 11.1 Å². The van der Waals surface area contributed by atoms with Crippen LogP contribution in [0.15, 0.2) is 69.9 Å². The van der Waals surface area contributed by atoms with Gasteiger partial charge in [0.1, 0.15) is 5.82 Å². The van der Waals surface area contributed by atoms with Gasteiger partial charge in [-0.3, -0.25) is 9.36 Å². The second-order valence-electron chi connectivity index (χ2n) is 6.63. The fourth-order valence-electron chi connectivity index (χ4n) is 3.06. The SMILES string of the molecule is Cc1c(Cl)cccc1NC(=O)c1ccc2oc(=O)n(Cc3ccc(F)cc3)c2c1. The standard InChI is InChI=1S/C22H16ClFN2O3/c1-13-17(23)3-2-4-18(13)25-21(27)15-7-10-20-19(11-15)26(22(28)29-20)12-14-5-8-16(24)9-6-14/h2-11H,12H2,1H3,(H,25,27). The number of hydrogen-bond acceptors (Lipinski definition) is 3. The Bertz CT molecular complexity index is 1280. The van der Waals surface area contributed by atoms with Gasteiger partial charge >= 0.3 is 5.76 Å². The minimum absolute atomic E-state index is 0.199. The molecule has 1 amide bonds. The van der Waals surface area contributed by atoms with Crippen molar-refractivity contribution in [2.45, 2.75) is 13.5 Å². The molecular formula is C22H16ClFN2O3. The number of hydrogen-bond donors (Lipinski definition) is 1. The van der Waals surface area contributed by atoms with Crippen LogP contribution in [0.5, 0.6) is 0 Å². The smallest absolute Gasteiger partial charge is 0.408 e. The number of benzene rings is 3. The minimum Gasteiger partial charge on any atom is -0.408 e. The molecule has 0 radical (unpaired) electrons. The molecule has 0 aliphatic rings. The second-order valence-corrected chi connectivity index (χ2v) is 7.04. The summed E-state index contributed by atoms with van der Waals surface area (Å²) in [5, 5.41) is 3.39. The maximum Gasteiger partial charge on any atom is 0.420 e. The van der Waals surface area contributed by atoms with E-state index in [2.05, 4.69) is 5.32 Å². The highest BCUT2D eigenvalue weighted by Crippen LogP contribution is 2.24. The maximum absolute atomic E-state index is 13.1. The van der Waals surface area contributed by atoms with Gasteiger partial charge in [-0.05, 0) is 60.5 Å². The predicted octanol–water partition coefficient (Wildman–Crippen LogP) is 5.00. The van der Waals surface area contributed by atoms with Crippen molar-refractivity contribution in [1.82, 2.24) is 4.57 Å². The van der Waals surface area contributed by atoms with Crippen molar-refractivity contribution < 1.29 is 13.6 Å². The van der Waals surface area contributed by atoms with Crippen LogP contribution in [0.1, 0.15) is 21.5 Å². The summed E-state index contributed by atoms with van der Waals surface area (Å²) in [4.78, 5) is 25.0. The summed E-state index contributed by atoms with van der Waals surface area (Å²) in [5.41, 5.74) is 3.33. The van der Waals surface area contributed by atoms with Gasteiger partial charge in [-0.2, -0.15) is 0 Å². The first kappa shape index (κ1) is 19.0. The normalized spacial score (nSPS) is 11.0. The first-order chi connectivity index (χ1) is 13.9. The molecule has 5 nitrogen and oxygen atoms in total. The molecular weight excluding hydrogens is 395 g/mol. The summed E-state index contributed by atoms with van der Waals surface area (Å²) in [6.45, 7) is 2.02. The molecule has 146 valence electrons. The maximum atomic E-state index is 13.1. The molecule has 0 aliphatic carbocycles. The van der Waals surface area contributed by atoms with E-state index in [1.165, 1.54) is 16.7 Å². The highest BCUT2D eigenvalue weighted by Gasteiger charge is 2.15. The highest BCUT2D eigenvalue weighted by atomic mass is 35.5. The third-order valence-corrected chi connectivity index (χ3v) is 5.11. The Morgan fingerprint density at radius 2 is 1.90 bits per heavy atom. The van der Waals surface area contributed by atoms with Crippen LogP contribution in [0.25, 0.3) is 11.1 Å². The molecule has 1 N–H and O–H groups in total. The Morgan fingerprint density at radius 1 is 1.14 bits per heavy atom. The molecule has 7 heteroatoms. The third-order valence-electron chi connectivity index (χ3n) is 4.70. The summed E-state index contributed by atoms with van der Waals surface area (Å²) in [5.74, 6) is -1.24. The average Bonchev–Trinajstić information content (AvgIpc) is 3.01. The van der Waals surface area contributed by atoms with Gasteiger partial charge < -0.3 is 9.73 Å². The summed E-state index contributed by atoms with van der Waals surface area (Å²) in [6, 6.07) is 15.9. The van der Waals surface area contributed by atoms with Crippen LogP contribution in [0.2, 0.25) is 5.02 Å². The molecule has 29 heavy (non-hydrogen) atoms. The molecule has 0 aliphatic heterocycles. The van der Waals surface area contributed by atoms with Crippen LogP contribution in [0.3, 0.4) is 0 Å². The number of nitrogens with zero attached hydrogens (tertiary/aromatic N) is 1. The molecule has 1 aromatic heterocycles. The van der Waals surface area contributed by atoms with E-state index in [1.54, 1.807) is 48.5 Å². The molecule has 0 spiro atoms. The molecule has 3 aromatic carbocycles. The van der Waals surface area contributed by atoms with Crippen molar-refractivity contribution >= 4 is 34.3 Å². The van der Waals surface area contributed by atoms with Crippen molar-refractivity contribution in [3.8, 4) is 0 Å². The zero-order valence-electron chi connectivity index (χ0n) is 15.4. The molecule has 0 saturated heterocycles.